The molecule has 0 radical (unpaired) electrons. The van der Waals surface area contributed by atoms with Crippen LogP contribution in [0.4, 0.5) is 0 Å². The largest absolute Gasteiger partial charge is 0.455 e. The van der Waals surface area contributed by atoms with E-state index in [2.05, 4.69) is 36.7 Å². The first-order chi connectivity index (χ1) is 11.9. The molecule has 1 amide bonds. The third-order valence-corrected chi connectivity index (χ3v) is 4.16. The van der Waals surface area contributed by atoms with Gasteiger partial charge in [0.05, 0.1) is 5.60 Å². The lowest BCUT2D eigenvalue weighted by atomic mass is 10.0. The van der Waals surface area contributed by atoms with Crippen LogP contribution in [0.25, 0.3) is 21.9 Å². The zero-order valence-corrected chi connectivity index (χ0v) is 15.3. The van der Waals surface area contributed by atoms with E-state index in [1.54, 1.807) is 0 Å². The van der Waals surface area contributed by atoms with Gasteiger partial charge in [0.2, 0.25) is 5.91 Å². The first kappa shape index (κ1) is 17.5. The molecule has 0 spiro atoms. The maximum absolute atomic E-state index is 12.0. The molecule has 1 N–H and O–H groups in total. The summed E-state index contributed by atoms with van der Waals surface area (Å²) in [4.78, 5) is 17.3. The van der Waals surface area contributed by atoms with Crippen LogP contribution in [-0.4, -0.2) is 11.5 Å². The number of nitrogens with one attached hydrogen (secondary N) is 1. The van der Waals surface area contributed by atoms with E-state index in [4.69, 9.17) is 9.25 Å². The molecular weight excluding hydrogens is 314 g/mol. The maximum Gasteiger partial charge on any atom is 0.243 e. The molecular formula is C21H25NO3. The van der Waals surface area contributed by atoms with Gasteiger partial charge in [-0.15, -0.1) is 0 Å². The lowest BCUT2D eigenvalue weighted by Gasteiger charge is -2.18. The number of para-hydroxylation sites is 2. The topological polar surface area (TPSA) is 51.5 Å². The maximum atomic E-state index is 12.0. The van der Waals surface area contributed by atoms with E-state index in [9.17, 15) is 4.79 Å². The van der Waals surface area contributed by atoms with Crippen LogP contribution in [0.1, 0.15) is 45.2 Å². The molecule has 4 nitrogen and oxygen atoms in total. The summed E-state index contributed by atoms with van der Waals surface area (Å²) in [7, 11) is 0. The Morgan fingerprint density at radius 1 is 1.04 bits per heavy atom. The number of hydroxylamine groups is 1. The van der Waals surface area contributed by atoms with Crippen molar-refractivity contribution in [3.8, 4) is 0 Å². The molecule has 0 saturated carbocycles. The van der Waals surface area contributed by atoms with Gasteiger partial charge in [-0.25, -0.2) is 5.48 Å². The number of amides is 1. The summed E-state index contributed by atoms with van der Waals surface area (Å²) >= 11 is 0. The SMILES string of the molecule is CCc1cccc2c1oc1c(CCC(=O)NOC(C)(C)C)cccc12. The molecule has 0 unspecified atom stereocenters. The van der Waals surface area contributed by atoms with Gasteiger partial charge in [0.25, 0.3) is 0 Å². The van der Waals surface area contributed by atoms with Crippen molar-refractivity contribution in [1.29, 1.82) is 0 Å². The molecule has 0 saturated heterocycles. The predicted octanol–water partition coefficient (Wildman–Crippen LogP) is 4.93. The van der Waals surface area contributed by atoms with E-state index < -0.39 is 5.60 Å². The monoisotopic (exact) mass is 339 g/mol. The number of furan rings is 1. The molecule has 0 atom stereocenters. The van der Waals surface area contributed by atoms with Crippen LogP contribution in [0.15, 0.2) is 40.8 Å². The summed E-state index contributed by atoms with van der Waals surface area (Å²) in [6.45, 7) is 7.82. The van der Waals surface area contributed by atoms with Crippen molar-refractivity contribution in [2.45, 2.75) is 52.6 Å². The Morgan fingerprint density at radius 2 is 1.64 bits per heavy atom. The number of carbonyl (C=O) groups is 1. The van der Waals surface area contributed by atoms with E-state index in [1.165, 1.54) is 5.56 Å². The average Bonchev–Trinajstić information content (AvgIpc) is 2.96. The Morgan fingerprint density at radius 3 is 2.24 bits per heavy atom. The predicted molar refractivity (Wildman–Crippen MR) is 100 cm³/mol. The van der Waals surface area contributed by atoms with Crippen LogP contribution in [0, 0.1) is 0 Å². The van der Waals surface area contributed by atoms with Crippen molar-refractivity contribution in [3.05, 3.63) is 47.5 Å². The number of hydrogen-bond acceptors (Lipinski definition) is 3. The van der Waals surface area contributed by atoms with Crippen molar-refractivity contribution in [3.63, 3.8) is 0 Å². The second-order valence-electron chi connectivity index (χ2n) is 7.28. The van der Waals surface area contributed by atoms with E-state index >= 15 is 0 Å². The Kier molecular flexibility index (Phi) is 4.82. The first-order valence-corrected chi connectivity index (χ1v) is 8.78. The Balaban J connectivity index is 1.84. The second kappa shape index (κ2) is 6.89. The van der Waals surface area contributed by atoms with Gasteiger partial charge in [-0.1, -0.05) is 43.3 Å². The van der Waals surface area contributed by atoms with E-state index in [0.29, 0.717) is 12.8 Å². The van der Waals surface area contributed by atoms with Crippen molar-refractivity contribution >= 4 is 27.8 Å². The standard InChI is InChI=1S/C21H25NO3/c1-5-14-8-6-10-16-17-11-7-9-15(20(17)24-19(14)16)12-13-18(23)22-25-21(2,3)4/h6-11H,5,12-13H2,1-4H3,(H,22,23). The van der Waals surface area contributed by atoms with Crippen molar-refractivity contribution < 1.29 is 14.0 Å². The lowest BCUT2D eigenvalue weighted by molar-refractivity contribution is -0.145. The van der Waals surface area contributed by atoms with Gasteiger partial charge in [-0.05, 0) is 44.7 Å². The fraction of sp³-hybridized carbons (Fsp3) is 0.381. The van der Waals surface area contributed by atoms with E-state index in [-0.39, 0.29) is 5.91 Å². The summed E-state index contributed by atoms with van der Waals surface area (Å²) in [5.41, 5.74) is 6.20. The highest BCUT2D eigenvalue weighted by molar-refractivity contribution is 6.06. The third-order valence-electron chi connectivity index (χ3n) is 4.16. The van der Waals surface area contributed by atoms with Crippen LogP contribution < -0.4 is 5.48 Å². The molecule has 2 aromatic carbocycles. The molecule has 132 valence electrons. The summed E-state index contributed by atoms with van der Waals surface area (Å²) in [5.74, 6) is -0.128. The number of rotatable bonds is 5. The number of carbonyl (C=O) groups excluding carboxylic acids is 1. The van der Waals surface area contributed by atoms with Gasteiger partial charge >= 0.3 is 0 Å². The van der Waals surface area contributed by atoms with Crippen molar-refractivity contribution in [1.82, 2.24) is 5.48 Å². The molecule has 0 aliphatic rings. The molecule has 0 aliphatic heterocycles. The number of fused-ring (bicyclic) bond motifs is 3. The highest BCUT2D eigenvalue weighted by Crippen LogP contribution is 2.33. The lowest BCUT2D eigenvalue weighted by Crippen LogP contribution is -2.33. The smallest absolute Gasteiger partial charge is 0.243 e. The number of hydrogen-bond donors (Lipinski definition) is 1. The summed E-state index contributed by atoms with van der Waals surface area (Å²) in [6, 6.07) is 12.4. The molecule has 3 rings (SSSR count). The Bertz CT molecular complexity index is 903. The summed E-state index contributed by atoms with van der Waals surface area (Å²) in [5, 5.41) is 2.24. The van der Waals surface area contributed by atoms with Crippen molar-refractivity contribution in [2.75, 3.05) is 0 Å². The van der Waals surface area contributed by atoms with Crippen LogP contribution in [0.2, 0.25) is 0 Å². The van der Waals surface area contributed by atoms with Crippen LogP contribution in [0.3, 0.4) is 0 Å². The third kappa shape index (κ3) is 3.85. The zero-order chi connectivity index (χ0) is 18.0. The average molecular weight is 339 g/mol. The Hall–Kier alpha value is -2.33. The van der Waals surface area contributed by atoms with Crippen LogP contribution in [0.5, 0.6) is 0 Å². The van der Waals surface area contributed by atoms with E-state index in [1.807, 2.05) is 32.9 Å². The molecule has 1 heterocycles. The minimum atomic E-state index is -0.398. The molecule has 0 aliphatic carbocycles. The molecule has 0 bridgehead atoms. The molecule has 1 aromatic heterocycles. The van der Waals surface area contributed by atoms with Crippen molar-refractivity contribution in [2.24, 2.45) is 0 Å². The summed E-state index contributed by atoms with van der Waals surface area (Å²) < 4.78 is 6.19. The van der Waals surface area contributed by atoms with Gasteiger partial charge in [0.1, 0.15) is 11.2 Å². The van der Waals surface area contributed by atoms with Crippen LogP contribution in [-0.2, 0) is 22.5 Å². The molecule has 4 heteroatoms. The fourth-order valence-corrected chi connectivity index (χ4v) is 2.92. The fourth-order valence-electron chi connectivity index (χ4n) is 2.92. The first-order valence-electron chi connectivity index (χ1n) is 8.78. The number of aryl methyl sites for hydroxylation is 2. The quantitative estimate of drug-likeness (QED) is 0.671. The van der Waals surface area contributed by atoms with Gasteiger partial charge in [0.15, 0.2) is 0 Å². The summed E-state index contributed by atoms with van der Waals surface area (Å²) in [6.07, 6.45) is 1.89. The molecule has 0 fully saturated rings. The van der Waals surface area contributed by atoms with Crippen LogP contribution >= 0.6 is 0 Å². The molecule has 25 heavy (non-hydrogen) atoms. The second-order valence-corrected chi connectivity index (χ2v) is 7.28. The van der Waals surface area contributed by atoms with Gasteiger partial charge in [-0.2, -0.15) is 0 Å². The highest BCUT2D eigenvalue weighted by atomic mass is 16.7. The van der Waals surface area contributed by atoms with E-state index in [0.717, 1.165) is 33.9 Å². The molecule has 3 aromatic rings. The Labute approximate surface area is 148 Å². The normalized spacial score (nSPS) is 12.0. The van der Waals surface area contributed by atoms with Gasteiger partial charge in [0, 0.05) is 17.2 Å². The van der Waals surface area contributed by atoms with Gasteiger partial charge < -0.3 is 4.42 Å². The highest BCUT2D eigenvalue weighted by Gasteiger charge is 2.15. The number of benzene rings is 2. The minimum absolute atomic E-state index is 0.128. The van der Waals surface area contributed by atoms with Gasteiger partial charge in [-0.3, -0.25) is 9.63 Å². The minimum Gasteiger partial charge on any atom is -0.455 e. The zero-order valence-electron chi connectivity index (χ0n) is 15.3.